The van der Waals surface area contributed by atoms with Crippen molar-refractivity contribution >= 4 is 5.96 Å². The third kappa shape index (κ3) is 7.01. The minimum Gasteiger partial charge on any atom is -0.379 e. The fourth-order valence-electron chi connectivity index (χ4n) is 2.66. The Balaban J connectivity index is 1.72. The summed E-state index contributed by atoms with van der Waals surface area (Å²) in [5.74, 6) is 0.899. The van der Waals surface area contributed by atoms with Crippen molar-refractivity contribution in [1.29, 1.82) is 0 Å². The molecular weight excluding hydrogens is 288 g/mol. The second-order valence-electron chi connectivity index (χ2n) is 5.92. The summed E-state index contributed by atoms with van der Waals surface area (Å²) < 4.78 is 5.37. The lowest BCUT2D eigenvalue weighted by molar-refractivity contribution is 0.0376. The number of nitrogens with zero attached hydrogens (tertiary/aromatic N) is 2. The Morgan fingerprint density at radius 2 is 2.09 bits per heavy atom. The summed E-state index contributed by atoms with van der Waals surface area (Å²) in [7, 11) is 0. The number of nitrogens with one attached hydrogen (secondary N) is 2. The second-order valence-corrected chi connectivity index (χ2v) is 5.92. The molecule has 0 bridgehead atoms. The van der Waals surface area contributed by atoms with E-state index < -0.39 is 0 Å². The third-order valence-corrected chi connectivity index (χ3v) is 3.89. The maximum absolute atomic E-state index is 5.37. The maximum atomic E-state index is 5.37. The van der Waals surface area contributed by atoms with E-state index in [0.717, 1.165) is 58.3 Å². The van der Waals surface area contributed by atoms with Crippen molar-refractivity contribution in [3.63, 3.8) is 0 Å². The van der Waals surface area contributed by atoms with Gasteiger partial charge in [0.15, 0.2) is 5.96 Å². The number of benzene rings is 1. The Hall–Kier alpha value is -1.59. The molecule has 0 aromatic heterocycles. The van der Waals surface area contributed by atoms with Gasteiger partial charge in [-0.15, -0.1) is 0 Å². The van der Waals surface area contributed by atoms with Gasteiger partial charge in [0, 0.05) is 26.2 Å². The molecule has 5 heteroatoms. The van der Waals surface area contributed by atoms with E-state index in [1.54, 1.807) is 0 Å². The molecular formula is C18H30N4O. The first-order chi connectivity index (χ1) is 11.3. The highest BCUT2D eigenvalue weighted by Crippen LogP contribution is 2.05. The molecule has 1 heterocycles. The Morgan fingerprint density at radius 3 is 2.83 bits per heavy atom. The van der Waals surface area contributed by atoms with Gasteiger partial charge in [-0.1, -0.05) is 29.8 Å². The van der Waals surface area contributed by atoms with Gasteiger partial charge in [0.05, 0.1) is 19.8 Å². The zero-order valence-corrected chi connectivity index (χ0v) is 14.5. The number of ether oxygens (including phenoxy) is 1. The van der Waals surface area contributed by atoms with Crippen LogP contribution in [0.25, 0.3) is 0 Å². The van der Waals surface area contributed by atoms with Crippen LogP contribution in [0.15, 0.2) is 29.3 Å². The number of rotatable bonds is 7. The fourth-order valence-corrected chi connectivity index (χ4v) is 2.66. The van der Waals surface area contributed by atoms with Crippen molar-refractivity contribution < 1.29 is 4.74 Å². The van der Waals surface area contributed by atoms with Crippen molar-refractivity contribution in [3.05, 3.63) is 35.4 Å². The van der Waals surface area contributed by atoms with Crippen LogP contribution in [-0.4, -0.2) is 56.8 Å². The minimum absolute atomic E-state index is 0.709. The number of guanidine groups is 1. The molecule has 0 amide bonds. The highest BCUT2D eigenvalue weighted by Gasteiger charge is 2.09. The molecule has 1 aromatic carbocycles. The second kappa shape index (κ2) is 10.2. The summed E-state index contributed by atoms with van der Waals surface area (Å²) in [5, 5.41) is 6.74. The fraction of sp³-hybridized carbons (Fsp3) is 0.611. The van der Waals surface area contributed by atoms with Crippen molar-refractivity contribution in [3.8, 4) is 0 Å². The predicted molar refractivity (Wildman–Crippen MR) is 95.9 cm³/mol. The molecule has 1 fully saturated rings. The highest BCUT2D eigenvalue weighted by atomic mass is 16.5. The first kappa shape index (κ1) is 17.8. The SMILES string of the molecule is CCNC(=NCc1cccc(C)c1)NCCCN1CCOCC1. The van der Waals surface area contributed by atoms with Gasteiger partial charge < -0.3 is 15.4 Å². The van der Waals surface area contributed by atoms with Gasteiger partial charge in [0.1, 0.15) is 0 Å². The van der Waals surface area contributed by atoms with E-state index in [-0.39, 0.29) is 0 Å². The van der Waals surface area contributed by atoms with Crippen LogP contribution in [0.5, 0.6) is 0 Å². The average Bonchev–Trinajstić information content (AvgIpc) is 2.57. The highest BCUT2D eigenvalue weighted by molar-refractivity contribution is 5.79. The molecule has 0 aliphatic carbocycles. The minimum atomic E-state index is 0.709. The molecule has 1 saturated heterocycles. The van der Waals surface area contributed by atoms with Crippen LogP contribution in [0.3, 0.4) is 0 Å². The van der Waals surface area contributed by atoms with Crippen LogP contribution in [-0.2, 0) is 11.3 Å². The molecule has 0 unspecified atom stereocenters. The molecule has 0 spiro atoms. The van der Waals surface area contributed by atoms with Gasteiger partial charge in [0.25, 0.3) is 0 Å². The van der Waals surface area contributed by atoms with Crippen molar-refractivity contribution in [2.45, 2.75) is 26.8 Å². The normalized spacial score (nSPS) is 16.3. The van der Waals surface area contributed by atoms with E-state index in [1.807, 2.05) is 0 Å². The number of aryl methyl sites for hydroxylation is 1. The predicted octanol–water partition coefficient (Wildman–Crippen LogP) is 1.77. The lowest BCUT2D eigenvalue weighted by atomic mass is 10.1. The molecule has 1 aliphatic heterocycles. The molecule has 128 valence electrons. The monoisotopic (exact) mass is 318 g/mol. The Bertz CT molecular complexity index is 484. The zero-order valence-electron chi connectivity index (χ0n) is 14.5. The molecule has 23 heavy (non-hydrogen) atoms. The Kier molecular flexibility index (Phi) is 7.90. The molecule has 0 atom stereocenters. The Labute approximate surface area is 140 Å². The summed E-state index contributed by atoms with van der Waals surface area (Å²) >= 11 is 0. The van der Waals surface area contributed by atoms with Crippen LogP contribution in [0.4, 0.5) is 0 Å². The van der Waals surface area contributed by atoms with Gasteiger partial charge in [-0.25, -0.2) is 4.99 Å². The topological polar surface area (TPSA) is 48.9 Å². The maximum Gasteiger partial charge on any atom is 0.191 e. The van der Waals surface area contributed by atoms with Gasteiger partial charge in [0.2, 0.25) is 0 Å². The van der Waals surface area contributed by atoms with Crippen LogP contribution < -0.4 is 10.6 Å². The third-order valence-electron chi connectivity index (χ3n) is 3.89. The molecule has 5 nitrogen and oxygen atoms in total. The number of morpholine rings is 1. The first-order valence-corrected chi connectivity index (χ1v) is 8.66. The summed E-state index contributed by atoms with van der Waals surface area (Å²) in [5.41, 5.74) is 2.52. The van der Waals surface area contributed by atoms with E-state index in [0.29, 0.717) is 6.54 Å². The summed E-state index contributed by atoms with van der Waals surface area (Å²) in [6.07, 6.45) is 1.12. The van der Waals surface area contributed by atoms with Crippen LogP contribution >= 0.6 is 0 Å². The van der Waals surface area contributed by atoms with Crippen LogP contribution in [0.2, 0.25) is 0 Å². The summed E-state index contributed by atoms with van der Waals surface area (Å²) in [4.78, 5) is 7.13. The summed E-state index contributed by atoms with van der Waals surface area (Å²) in [6.45, 7) is 11.7. The van der Waals surface area contributed by atoms with Crippen molar-refractivity contribution in [2.24, 2.45) is 4.99 Å². The van der Waals surface area contributed by atoms with Gasteiger partial charge in [-0.2, -0.15) is 0 Å². The quantitative estimate of drug-likeness (QED) is 0.457. The molecule has 1 aliphatic rings. The summed E-state index contributed by atoms with van der Waals surface area (Å²) in [6, 6.07) is 8.51. The van der Waals surface area contributed by atoms with Crippen molar-refractivity contribution in [1.82, 2.24) is 15.5 Å². The van der Waals surface area contributed by atoms with E-state index in [1.165, 1.54) is 11.1 Å². The largest absolute Gasteiger partial charge is 0.379 e. The van der Waals surface area contributed by atoms with Gasteiger partial charge >= 0.3 is 0 Å². The van der Waals surface area contributed by atoms with Crippen molar-refractivity contribution in [2.75, 3.05) is 45.9 Å². The molecule has 1 aromatic rings. The lowest BCUT2D eigenvalue weighted by Crippen LogP contribution is -2.40. The van der Waals surface area contributed by atoms with E-state index in [4.69, 9.17) is 4.74 Å². The first-order valence-electron chi connectivity index (χ1n) is 8.66. The standard InChI is InChI=1S/C18H30N4O/c1-3-19-18(21-15-17-7-4-6-16(2)14-17)20-8-5-9-22-10-12-23-13-11-22/h4,6-7,14H,3,5,8-13,15H2,1-2H3,(H2,19,20,21). The van der Waals surface area contributed by atoms with E-state index in [2.05, 4.69) is 58.6 Å². The molecule has 2 rings (SSSR count). The van der Waals surface area contributed by atoms with Gasteiger partial charge in [-0.05, 0) is 32.4 Å². The van der Waals surface area contributed by atoms with Gasteiger partial charge in [-0.3, -0.25) is 4.90 Å². The molecule has 0 radical (unpaired) electrons. The molecule has 2 N–H and O–H groups in total. The zero-order chi connectivity index (χ0) is 16.3. The number of hydrogen-bond acceptors (Lipinski definition) is 3. The molecule has 0 saturated carbocycles. The van der Waals surface area contributed by atoms with E-state index in [9.17, 15) is 0 Å². The smallest absolute Gasteiger partial charge is 0.191 e. The van der Waals surface area contributed by atoms with E-state index >= 15 is 0 Å². The number of aliphatic imine (C=N–C) groups is 1. The average molecular weight is 318 g/mol. The Morgan fingerprint density at radius 1 is 1.26 bits per heavy atom. The van der Waals surface area contributed by atoms with Crippen LogP contribution in [0, 0.1) is 6.92 Å². The lowest BCUT2D eigenvalue weighted by Gasteiger charge is -2.26. The van der Waals surface area contributed by atoms with Crippen LogP contribution in [0.1, 0.15) is 24.5 Å². The number of hydrogen-bond donors (Lipinski definition) is 2.